The molecule has 0 saturated carbocycles. The Labute approximate surface area is 188 Å². The summed E-state index contributed by atoms with van der Waals surface area (Å²) in [4.78, 5) is 30.7. The molecule has 0 aliphatic carbocycles. The first-order valence-corrected chi connectivity index (χ1v) is 11.1. The minimum absolute atomic E-state index is 0.0853. The number of hydrogen-bond acceptors (Lipinski definition) is 4. The number of benzene rings is 2. The number of aromatic nitrogens is 2. The molecule has 0 aliphatic heterocycles. The van der Waals surface area contributed by atoms with Crippen LogP contribution in [0.15, 0.2) is 66.0 Å². The highest BCUT2D eigenvalue weighted by molar-refractivity contribution is 7.09. The van der Waals surface area contributed by atoms with Gasteiger partial charge in [-0.25, -0.2) is 4.98 Å². The van der Waals surface area contributed by atoms with Gasteiger partial charge in [0.15, 0.2) is 0 Å². The molecule has 0 radical (unpaired) electrons. The molecule has 2 N–H and O–H groups in total. The second-order valence-electron chi connectivity index (χ2n) is 6.94. The summed E-state index contributed by atoms with van der Waals surface area (Å²) in [6.45, 7) is 1.05. The number of carbonyl (C=O) groups excluding carboxylic acids is 2. The van der Waals surface area contributed by atoms with Crippen LogP contribution in [0.25, 0.3) is 11.0 Å². The van der Waals surface area contributed by atoms with Gasteiger partial charge in [0, 0.05) is 17.8 Å². The van der Waals surface area contributed by atoms with Crippen molar-refractivity contribution in [3.05, 3.63) is 87.3 Å². The molecule has 2 amide bonds. The molecule has 2 aromatic carbocycles. The third kappa shape index (κ3) is 5.13. The number of halogens is 1. The molecule has 158 valence electrons. The molecular weight excluding hydrogens is 432 g/mol. The number of nitrogens with zero attached hydrogens (tertiary/aromatic N) is 2. The number of rotatable bonds is 8. The summed E-state index contributed by atoms with van der Waals surface area (Å²) in [6.07, 6.45) is 0.489. The average molecular weight is 453 g/mol. The van der Waals surface area contributed by atoms with Crippen molar-refractivity contribution in [3.8, 4) is 0 Å². The highest BCUT2D eigenvalue weighted by Crippen LogP contribution is 2.17. The van der Waals surface area contributed by atoms with Crippen LogP contribution in [0.3, 0.4) is 0 Å². The average Bonchev–Trinajstić information content (AvgIpc) is 3.41. The van der Waals surface area contributed by atoms with Crippen molar-refractivity contribution in [1.29, 1.82) is 0 Å². The Hall–Kier alpha value is -3.16. The van der Waals surface area contributed by atoms with Crippen LogP contribution in [-0.4, -0.2) is 27.9 Å². The molecule has 8 heteroatoms. The number of amides is 2. The molecule has 0 unspecified atom stereocenters. The van der Waals surface area contributed by atoms with Crippen LogP contribution in [0.2, 0.25) is 5.02 Å². The van der Waals surface area contributed by atoms with E-state index in [2.05, 4.69) is 15.6 Å². The zero-order valence-corrected chi connectivity index (χ0v) is 18.2. The normalized spacial score (nSPS) is 10.9. The first kappa shape index (κ1) is 21.1. The molecule has 0 atom stereocenters. The highest BCUT2D eigenvalue weighted by Gasteiger charge is 2.15. The van der Waals surface area contributed by atoms with Gasteiger partial charge in [-0.05, 0) is 35.7 Å². The molecule has 4 rings (SSSR count). The van der Waals surface area contributed by atoms with Gasteiger partial charge in [0.25, 0.3) is 5.91 Å². The smallest absolute Gasteiger partial charge is 0.252 e. The third-order valence-electron chi connectivity index (χ3n) is 4.83. The first-order valence-electron chi connectivity index (χ1n) is 9.88. The number of fused-ring (bicyclic) bond motifs is 1. The minimum atomic E-state index is -0.234. The number of imidazole rings is 1. The van der Waals surface area contributed by atoms with Gasteiger partial charge in [-0.1, -0.05) is 41.9 Å². The van der Waals surface area contributed by atoms with Crippen molar-refractivity contribution in [2.45, 2.75) is 19.5 Å². The quantitative estimate of drug-likeness (QED) is 0.423. The van der Waals surface area contributed by atoms with Crippen LogP contribution < -0.4 is 10.6 Å². The first-order chi connectivity index (χ1) is 15.1. The van der Waals surface area contributed by atoms with Gasteiger partial charge >= 0.3 is 0 Å². The lowest BCUT2D eigenvalue weighted by Crippen LogP contribution is -2.29. The molecule has 0 saturated heterocycles. The van der Waals surface area contributed by atoms with Crippen LogP contribution in [-0.2, 0) is 24.3 Å². The van der Waals surface area contributed by atoms with Crippen molar-refractivity contribution in [2.75, 3.05) is 6.54 Å². The van der Waals surface area contributed by atoms with Crippen molar-refractivity contribution in [1.82, 2.24) is 20.2 Å². The summed E-state index contributed by atoms with van der Waals surface area (Å²) in [5, 5.41) is 8.23. The summed E-state index contributed by atoms with van der Waals surface area (Å²) < 4.78 is 1.90. The van der Waals surface area contributed by atoms with Crippen molar-refractivity contribution >= 4 is 45.8 Å². The number of carbonyl (C=O) groups is 2. The Morgan fingerprint density at radius 1 is 1.00 bits per heavy atom. The molecule has 2 heterocycles. The maximum atomic E-state index is 12.6. The predicted octanol–water partition coefficient (Wildman–Crippen LogP) is 4.04. The number of thiophene rings is 1. The van der Waals surface area contributed by atoms with Crippen LogP contribution in [0.5, 0.6) is 0 Å². The molecule has 0 bridgehead atoms. The molecule has 0 fully saturated rings. The fraction of sp³-hybridized carbons (Fsp3) is 0.174. The van der Waals surface area contributed by atoms with E-state index in [1.165, 1.54) is 0 Å². The van der Waals surface area contributed by atoms with Crippen LogP contribution >= 0.6 is 22.9 Å². The topological polar surface area (TPSA) is 76.0 Å². The zero-order chi connectivity index (χ0) is 21.6. The second-order valence-corrected chi connectivity index (χ2v) is 8.38. The number of nitrogens with one attached hydrogen (secondary N) is 2. The molecule has 0 spiro atoms. The van der Waals surface area contributed by atoms with E-state index in [-0.39, 0.29) is 18.4 Å². The Kier molecular flexibility index (Phi) is 6.64. The third-order valence-corrected chi connectivity index (χ3v) is 6.03. The van der Waals surface area contributed by atoms with E-state index in [1.54, 1.807) is 35.6 Å². The largest absolute Gasteiger partial charge is 0.352 e. The van der Waals surface area contributed by atoms with Gasteiger partial charge in [0.1, 0.15) is 12.4 Å². The molecular formula is C23H21ClN4O2S. The Morgan fingerprint density at radius 2 is 1.81 bits per heavy atom. The van der Waals surface area contributed by atoms with Crippen LogP contribution in [0.4, 0.5) is 0 Å². The van der Waals surface area contributed by atoms with Crippen molar-refractivity contribution in [2.24, 2.45) is 0 Å². The molecule has 2 aromatic heterocycles. The van der Waals surface area contributed by atoms with E-state index < -0.39 is 0 Å². The monoisotopic (exact) mass is 452 g/mol. The maximum absolute atomic E-state index is 12.6. The summed E-state index contributed by atoms with van der Waals surface area (Å²) in [5.41, 5.74) is 2.15. The summed E-state index contributed by atoms with van der Waals surface area (Å²) in [5.74, 6) is 0.423. The van der Waals surface area contributed by atoms with Crippen molar-refractivity contribution in [3.63, 3.8) is 0 Å². The van der Waals surface area contributed by atoms with Gasteiger partial charge < -0.3 is 15.2 Å². The molecule has 6 nitrogen and oxygen atoms in total. The van der Waals surface area contributed by atoms with Crippen LogP contribution in [0.1, 0.15) is 21.1 Å². The lowest BCUT2D eigenvalue weighted by atomic mass is 10.2. The van der Waals surface area contributed by atoms with E-state index >= 15 is 0 Å². The summed E-state index contributed by atoms with van der Waals surface area (Å²) in [7, 11) is 0. The summed E-state index contributed by atoms with van der Waals surface area (Å²) >= 11 is 7.70. The second kappa shape index (κ2) is 9.76. The summed E-state index contributed by atoms with van der Waals surface area (Å²) in [6, 6.07) is 18.6. The minimum Gasteiger partial charge on any atom is -0.352 e. The van der Waals surface area contributed by atoms with E-state index in [9.17, 15) is 9.59 Å². The molecule has 4 aromatic rings. The fourth-order valence-electron chi connectivity index (χ4n) is 3.32. The standard InChI is InChI=1S/C23H21ClN4O2S/c24-18-8-2-1-7-17(18)23(30)25-12-11-21-27-19-9-3-4-10-20(19)28(21)15-22(29)26-14-16-6-5-13-31-16/h1-10,13H,11-12,14-15H2,(H,25,30)(H,26,29). The van der Waals surface area contributed by atoms with Gasteiger partial charge in [0.2, 0.25) is 5.91 Å². The van der Waals surface area contributed by atoms with Gasteiger partial charge in [0.05, 0.1) is 28.2 Å². The number of para-hydroxylation sites is 2. The van der Waals surface area contributed by atoms with Gasteiger partial charge in [-0.2, -0.15) is 0 Å². The van der Waals surface area contributed by atoms with Gasteiger partial charge in [-0.3, -0.25) is 9.59 Å². The Morgan fingerprint density at radius 3 is 2.61 bits per heavy atom. The highest BCUT2D eigenvalue weighted by atomic mass is 35.5. The van der Waals surface area contributed by atoms with Crippen LogP contribution in [0, 0.1) is 0 Å². The fourth-order valence-corrected chi connectivity index (χ4v) is 4.19. The van der Waals surface area contributed by atoms with E-state index in [1.807, 2.05) is 46.3 Å². The van der Waals surface area contributed by atoms with Gasteiger partial charge in [-0.15, -0.1) is 11.3 Å². The molecule has 31 heavy (non-hydrogen) atoms. The Balaban J connectivity index is 1.44. The maximum Gasteiger partial charge on any atom is 0.252 e. The van der Waals surface area contributed by atoms with E-state index in [0.29, 0.717) is 30.1 Å². The SMILES string of the molecule is O=C(Cn1c(CCNC(=O)c2ccccc2Cl)nc2ccccc21)NCc1cccs1. The lowest BCUT2D eigenvalue weighted by Gasteiger charge is -2.11. The van der Waals surface area contributed by atoms with E-state index in [0.717, 1.165) is 21.7 Å². The Bertz CT molecular complexity index is 1200. The number of hydrogen-bond donors (Lipinski definition) is 2. The van der Waals surface area contributed by atoms with E-state index in [4.69, 9.17) is 11.6 Å². The predicted molar refractivity (Wildman–Crippen MR) is 123 cm³/mol. The zero-order valence-electron chi connectivity index (χ0n) is 16.7. The lowest BCUT2D eigenvalue weighted by molar-refractivity contribution is -0.121. The van der Waals surface area contributed by atoms with Crippen molar-refractivity contribution < 1.29 is 9.59 Å². The molecule has 0 aliphatic rings.